The molecule has 1 amide bonds. The van der Waals surface area contributed by atoms with Gasteiger partial charge in [-0.3, -0.25) is 4.79 Å². The van der Waals surface area contributed by atoms with Crippen LogP contribution in [0.5, 0.6) is 0 Å². The average molecular weight is 457 g/mol. The fourth-order valence-corrected chi connectivity index (χ4v) is 4.57. The standard InChI is InChI=1S/C24H25ClN2O3S/c1-17-4-7-20(8-5-17)15-27(31(29,30)23-12-9-21(25)10-13-23)16-24(28)26-22-11-6-18(2)19(3)14-22/h4-14H,15-16H2,1-3H3,(H,26,28). The van der Waals surface area contributed by atoms with Crippen molar-refractivity contribution in [3.63, 3.8) is 0 Å². The molecule has 0 saturated carbocycles. The lowest BCUT2D eigenvalue weighted by atomic mass is 10.1. The van der Waals surface area contributed by atoms with Crippen molar-refractivity contribution in [1.29, 1.82) is 0 Å². The van der Waals surface area contributed by atoms with E-state index in [9.17, 15) is 13.2 Å². The first-order valence-corrected chi connectivity index (χ1v) is 11.7. The van der Waals surface area contributed by atoms with Crippen LogP contribution in [0.15, 0.2) is 71.6 Å². The molecule has 3 aromatic carbocycles. The highest BCUT2D eigenvalue weighted by Gasteiger charge is 2.27. The fraction of sp³-hybridized carbons (Fsp3) is 0.208. The molecule has 7 heteroatoms. The Morgan fingerprint density at radius 1 is 0.903 bits per heavy atom. The molecular formula is C24H25ClN2O3S. The quantitative estimate of drug-likeness (QED) is 0.538. The Kier molecular flexibility index (Phi) is 7.15. The van der Waals surface area contributed by atoms with E-state index in [1.165, 1.54) is 28.6 Å². The van der Waals surface area contributed by atoms with E-state index in [0.29, 0.717) is 10.7 Å². The van der Waals surface area contributed by atoms with Crippen LogP contribution in [0.1, 0.15) is 22.3 Å². The first-order valence-electron chi connectivity index (χ1n) is 9.83. The summed E-state index contributed by atoms with van der Waals surface area (Å²) in [6.45, 7) is 5.67. The summed E-state index contributed by atoms with van der Waals surface area (Å²) in [4.78, 5) is 12.8. The summed E-state index contributed by atoms with van der Waals surface area (Å²) in [5.74, 6) is -0.409. The van der Waals surface area contributed by atoms with E-state index in [1.807, 2.05) is 57.2 Å². The maximum Gasteiger partial charge on any atom is 0.243 e. The second kappa shape index (κ2) is 9.64. The molecule has 5 nitrogen and oxygen atoms in total. The van der Waals surface area contributed by atoms with Gasteiger partial charge in [0.1, 0.15) is 0 Å². The molecule has 0 aromatic heterocycles. The number of nitrogens with one attached hydrogen (secondary N) is 1. The van der Waals surface area contributed by atoms with E-state index in [2.05, 4.69) is 5.32 Å². The Hall–Kier alpha value is -2.67. The number of rotatable bonds is 7. The number of sulfonamides is 1. The molecule has 0 aliphatic heterocycles. The van der Waals surface area contributed by atoms with Crippen molar-refractivity contribution in [2.75, 3.05) is 11.9 Å². The zero-order valence-electron chi connectivity index (χ0n) is 17.7. The molecule has 0 heterocycles. The molecule has 0 radical (unpaired) electrons. The monoisotopic (exact) mass is 456 g/mol. The molecule has 0 atom stereocenters. The second-order valence-corrected chi connectivity index (χ2v) is 9.93. The summed E-state index contributed by atoms with van der Waals surface area (Å²) in [5.41, 5.74) is 4.66. The smallest absolute Gasteiger partial charge is 0.243 e. The van der Waals surface area contributed by atoms with Gasteiger partial charge in [0.15, 0.2) is 0 Å². The van der Waals surface area contributed by atoms with Gasteiger partial charge in [-0.05, 0) is 73.9 Å². The number of halogens is 1. The van der Waals surface area contributed by atoms with Gasteiger partial charge >= 0.3 is 0 Å². The van der Waals surface area contributed by atoms with Crippen LogP contribution in [0.2, 0.25) is 5.02 Å². The largest absolute Gasteiger partial charge is 0.325 e. The van der Waals surface area contributed by atoms with E-state index in [-0.39, 0.29) is 18.0 Å². The Morgan fingerprint density at radius 3 is 2.16 bits per heavy atom. The van der Waals surface area contributed by atoms with Crippen LogP contribution in [-0.2, 0) is 21.4 Å². The van der Waals surface area contributed by atoms with Gasteiger partial charge in [0.25, 0.3) is 0 Å². The SMILES string of the molecule is Cc1ccc(CN(CC(=O)Nc2ccc(C)c(C)c2)S(=O)(=O)c2ccc(Cl)cc2)cc1. The van der Waals surface area contributed by atoms with Crippen LogP contribution in [0.3, 0.4) is 0 Å². The number of hydrogen-bond acceptors (Lipinski definition) is 3. The number of amides is 1. The number of aryl methyl sites for hydroxylation is 3. The highest BCUT2D eigenvalue weighted by Crippen LogP contribution is 2.21. The average Bonchev–Trinajstić information content (AvgIpc) is 2.72. The number of hydrogen-bond donors (Lipinski definition) is 1. The van der Waals surface area contributed by atoms with Gasteiger partial charge in [-0.2, -0.15) is 4.31 Å². The lowest BCUT2D eigenvalue weighted by Crippen LogP contribution is -2.37. The molecule has 31 heavy (non-hydrogen) atoms. The molecule has 162 valence electrons. The predicted molar refractivity (Wildman–Crippen MR) is 125 cm³/mol. The predicted octanol–water partition coefficient (Wildman–Crippen LogP) is 5.09. The molecule has 0 aliphatic rings. The summed E-state index contributed by atoms with van der Waals surface area (Å²) in [6, 6.07) is 19.1. The first kappa shape index (κ1) is 23.0. The van der Waals surface area contributed by atoms with E-state index in [1.54, 1.807) is 6.07 Å². The van der Waals surface area contributed by atoms with Gasteiger partial charge in [-0.15, -0.1) is 0 Å². The topological polar surface area (TPSA) is 66.5 Å². The third-order valence-electron chi connectivity index (χ3n) is 5.04. The lowest BCUT2D eigenvalue weighted by Gasteiger charge is -2.22. The summed E-state index contributed by atoms with van der Waals surface area (Å²) in [7, 11) is -3.91. The highest BCUT2D eigenvalue weighted by atomic mass is 35.5. The van der Waals surface area contributed by atoms with Gasteiger partial charge in [-0.25, -0.2) is 8.42 Å². The van der Waals surface area contributed by atoms with Crippen molar-refractivity contribution in [3.8, 4) is 0 Å². The zero-order chi connectivity index (χ0) is 22.6. The fourth-order valence-electron chi connectivity index (χ4n) is 3.06. The number of carbonyl (C=O) groups is 1. The summed E-state index contributed by atoms with van der Waals surface area (Å²) in [5, 5.41) is 3.24. The normalized spacial score (nSPS) is 11.5. The van der Waals surface area contributed by atoms with Gasteiger partial charge < -0.3 is 5.32 Å². The number of benzene rings is 3. The minimum atomic E-state index is -3.91. The molecule has 0 bridgehead atoms. The molecule has 0 aliphatic carbocycles. The minimum Gasteiger partial charge on any atom is -0.325 e. The first-order chi connectivity index (χ1) is 14.6. The minimum absolute atomic E-state index is 0.0750. The van der Waals surface area contributed by atoms with Crippen LogP contribution in [-0.4, -0.2) is 25.2 Å². The number of anilines is 1. The van der Waals surface area contributed by atoms with E-state index in [4.69, 9.17) is 11.6 Å². The number of nitrogens with zero attached hydrogens (tertiary/aromatic N) is 1. The van der Waals surface area contributed by atoms with E-state index < -0.39 is 15.9 Å². The Labute approximate surface area is 188 Å². The maximum absolute atomic E-state index is 13.3. The molecule has 0 spiro atoms. The van der Waals surface area contributed by atoms with Crippen LogP contribution in [0, 0.1) is 20.8 Å². The summed E-state index contributed by atoms with van der Waals surface area (Å²) < 4.78 is 27.8. The lowest BCUT2D eigenvalue weighted by molar-refractivity contribution is -0.116. The van der Waals surface area contributed by atoms with Crippen molar-refractivity contribution >= 4 is 33.2 Å². The number of carbonyl (C=O) groups excluding carboxylic acids is 1. The molecule has 1 N–H and O–H groups in total. The Balaban J connectivity index is 1.87. The molecule has 0 fully saturated rings. The summed E-state index contributed by atoms with van der Waals surface area (Å²) in [6.07, 6.45) is 0. The highest BCUT2D eigenvalue weighted by molar-refractivity contribution is 7.89. The van der Waals surface area contributed by atoms with Crippen molar-refractivity contribution in [2.24, 2.45) is 0 Å². The van der Waals surface area contributed by atoms with Gasteiger partial charge in [0.05, 0.1) is 11.4 Å². The van der Waals surface area contributed by atoms with Gasteiger partial charge in [0.2, 0.25) is 15.9 Å². The Morgan fingerprint density at radius 2 is 1.55 bits per heavy atom. The third kappa shape index (κ3) is 5.94. The zero-order valence-corrected chi connectivity index (χ0v) is 19.3. The van der Waals surface area contributed by atoms with Crippen LogP contribution in [0.4, 0.5) is 5.69 Å². The molecule has 0 saturated heterocycles. The van der Waals surface area contributed by atoms with Gasteiger partial charge in [0, 0.05) is 17.3 Å². The van der Waals surface area contributed by atoms with Crippen LogP contribution < -0.4 is 5.32 Å². The van der Waals surface area contributed by atoms with Crippen molar-refractivity contribution in [1.82, 2.24) is 4.31 Å². The molecular weight excluding hydrogens is 432 g/mol. The van der Waals surface area contributed by atoms with E-state index >= 15 is 0 Å². The Bertz CT molecular complexity index is 1170. The molecule has 3 rings (SSSR count). The van der Waals surface area contributed by atoms with Crippen LogP contribution in [0.25, 0.3) is 0 Å². The van der Waals surface area contributed by atoms with Crippen LogP contribution >= 0.6 is 11.6 Å². The van der Waals surface area contributed by atoms with E-state index in [0.717, 1.165) is 22.3 Å². The van der Waals surface area contributed by atoms with Crippen molar-refractivity contribution < 1.29 is 13.2 Å². The summed E-state index contributed by atoms with van der Waals surface area (Å²) >= 11 is 5.91. The molecule has 3 aromatic rings. The van der Waals surface area contributed by atoms with Gasteiger partial charge in [-0.1, -0.05) is 47.5 Å². The molecule has 0 unspecified atom stereocenters. The maximum atomic E-state index is 13.3. The third-order valence-corrected chi connectivity index (χ3v) is 7.10. The second-order valence-electron chi connectivity index (χ2n) is 7.56. The van der Waals surface area contributed by atoms with Crippen molar-refractivity contribution in [3.05, 3.63) is 94.0 Å². The van der Waals surface area contributed by atoms with Crippen molar-refractivity contribution in [2.45, 2.75) is 32.2 Å².